The van der Waals surface area contributed by atoms with Crippen molar-refractivity contribution in [1.29, 1.82) is 0 Å². The normalized spacial score (nSPS) is 22.3. The third-order valence-corrected chi connectivity index (χ3v) is 2.29. The molecule has 1 heterocycles. The topological polar surface area (TPSA) is 80.5 Å². The highest BCUT2D eigenvalue weighted by molar-refractivity contribution is 5.03. The van der Waals surface area contributed by atoms with E-state index in [0.29, 0.717) is 5.82 Å². The molecule has 3 N–H and O–H groups in total. The van der Waals surface area contributed by atoms with Crippen molar-refractivity contribution in [2.75, 3.05) is 0 Å². The minimum absolute atomic E-state index is 0.299. The van der Waals surface area contributed by atoms with Crippen molar-refractivity contribution in [3.63, 3.8) is 0 Å². The van der Waals surface area contributed by atoms with Gasteiger partial charge in [-0.05, 0) is 12.8 Å². The lowest BCUT2D eigenvalue weighted by atomic mass is 9.99. The van der Waals surface area contributed by atoms with Gasteiger partial charge in [-0.2, -0.15) is 5.21 Å². The minimum Gasteiger partial charge on any atom is -0.319 e. The number of aromatic nitrogens is 4. The van der Waals surface area contributed by atoms with Crippen LogP contribution in [0, 0.1) is 0 Å². The van der Waals surface area contributed by atoms with Gasteiger partial charge in [-0.1, -0.05) is 18.1 Å². The molecule has 60 valence electrons. The van der Waals surface area contributed by atoms with Crippen LogP contribution in [0.5, 0.6) is 0 Å². The quantitative estimate of drug-likeness (QED) is 0.591. The van der Waals surface area contributed by atoms with E-state index in [2.05, 4.69) is 20.6 Å². The van der Waals surface area contributed by atoms with Gasteiger partial charge in [0.25, 0.3) is 0 Å². The summed E-state index contributed by atoms with van der Waals surface area (Å²) in [5, 5.41) is 13.7. The molecule has 0 saturated heterocycles. The van der Waals surface area contributed by atoms with E-state index in [1.165, 1.54) is 12.8 Å². The Hall–Kier alpha value is -0.970. The van der Waals surface area contributed by atoms with E-state index in [4.69, 9.17) is 5.73 Å². The third-order valence-electron chi connectivity index (χ3n) is 2.29. The molecule has 0 spiro atoms. The highest BCUT2D eigenvalue weighted by Gasteiger charge is 2.34. The van der Waals surface area contributed by atoms with Gasteiger partial charge in [-0.3, -0.25) is 0 Å². The summed E-state index contributed by atoms with van der Waals surface area (Å²) in [6, 6.07) is 0. The second-order valence-electron chi connectivity index (χ2n) is 3.10. The number of hydrogen-bond acceptors (Lipinski definition) is 4. The van der Waals surface area contributed by atoms with E-state index in [1.807, 2.05) is 0 Å². The molecule has 1 aliphatic carbocycles. The molecule has 1 aliphatic rings. The fraction of sp³-hybridized carbons (Fsp3) is 0.833. The molecule has 5 heteroatoms. The third kappa shape index (κ3) is 1.01. The molecular formula is C6H11N5. The predicted molar refractivity (Wildman–Crippen MR) is 38.5 cm³/mol. The number of nitrogens with two attached hydrogens (primary N) is 1. The Kier molecular flexibility index (Phi) is 1.38. The Morgan fingerprint density at radius 2 is 2.09 bits per heavy atom. The fourth-order valence-electron chi connectivity index (χ4n) is 1.60. The summed E-state index contributed by atoms with van der Waals surface area (Å²) in [6.07, 6.45) is 4.30. The predicted octanol–water partition coefficient (Wildman–Crippen LogP) is -0.0723. The van der Waals surface area contributed by atoms with Gasteiger partial charge >= 0.3 is 0 Å². The molecular weight excluding hydrogens is 142 g/mol. The maximum absolute atomic E-state index is 6.04. The van der Waals surface area contributed by atoms with E-state index in [9.17, 15) is 0 Å². The molecule has 1 saturated carbocycles. The van der Waals surface area contributed by atoms with Crippen LogP contribution >= 0.6 is 0 Å². The van der Waals surface area contributed by atoms with Crippen LogP contribution in [0.25, 0.3) is 0 Å². The van der Waals surface area contributed by atoms with E-state index >= 15 is 0 Å². The van der Waals surface area contributed by atoms with E-state index in [1.54, 1.807) is 0 Å². The van der Waals surface area contributed by atoms with Crippen molar-refractivity contribution in [2.45, 2.75) is 31.2 Å². The molecule has 1 aromatic heterocycles. The summed E-state index contributed by atoms with van der Waals surface area (Å²) in [5.41, 5.74) is 5.74. The average Bonchev–Trinajstić information content (AvgIpc) is 2.55. The van der Waals surface area contributed by atoms with Crippen LogP contribution in [0.15, 0.2) is 0 Å². The molecule has 2 rings (SSSR count). The molecule has 0 unspecified atom stereocenters. The van der Waals surface area contributed by atoms with Gasteiger partial charge in [0.05, 0.1) is 5.54 Å². The standard InChI is InChI=1S/C6H11N5/c7-6(3-1-2-4-6)5-8-10-11-9-5/h1-4,7H2,(H,8,9,10,11). The second kappa shape index (κ2) is 2.27. The number of tetrazole rings is 1. The van der Waals surface area contributed by atoms with Gasteiger partial charge in [0.15, 0.2) is 5.82 Å². The van der Waals surface area contributed by atoms with Crippen LogP contribution in [0.3, 0.4) is 0 Å². The zero-order chi connectivity index (χ0) is 7.73. The molecule has 0 amide bonds. The molecule has 0 aromatic carbocycles. The highest BCUT2D eigenvalue weighted by Crippen LogP contribution is 2.33. The monoisotopic (exact) mass is 153 g/mol. The van der Waals surface area contributed by atoms with E-state index < -0.39 is 0 Å². The number of H-pyrrole nitrogens is 1. The lowest BCUT2D eigenvalue weighted by Crippen LogP contribution is -2.34. The maximum atomic E-state index is 6.04. The molecule has 1 fully saturated rings. The first kappa shape index (κ1) is 6.72. The van der Waals surface area contributed by atoms with Crippen LogP contribution in [0.1, 0.15) is 31.5 Å². The van der Waals surface area contributed by atoms with Gasteiger partial charge < -0.3 is 5.73 Å². The van der Waals surface area contributed by atoms with Crippen LogP contribution in [0.4, 0.5) is 0 Å². The SMILES string of the molecule is NC1(c2nn[nH]n2)CCCC1. The Bertz CT molecular complexity index is 223. The summed E-state index contributed by atoms with van der Waals surface area (Å²) < 4.78 is 0. The smallest absolute Gasteiger partial charge is 0.194 e. The summed E-state index contributed by atoms with van der Waals surface area (Å²) >= 11 is 0. The highest BCUT2D eigenvalue weighted by atomic mass is 15.5. The molecule has 0 radical (unpaired) electrons. The Labute approximate surface area is 64.4 Å². The van der Waals surface area contributed by atoms with Crippen molar-refractivity contribution in [3.05, 3.63) is 5.82 Å². The van der Waals surface area contributed by atoms with Gasteiger partial charge in [0.1, 0.15) is 0 Å². The minimum atomic E-state index is -0.299. The number of hydrogen-bond donors (Lipinski definition) is 2. The second-order valence-corrected chi connectivity index (χ2v) is 3.10. The van der Waals surface area contributed by atoms with Crippen molar-refractivity contribution in [3.8, 4) is 0 Å². The summed E-state index contributed by atoms with van der Waals surface area (Å²) in [6.45, 7) is 0. The van der Waals surface area contributed by atoms with Crippen LogP contribution < -0.4 is 5.73 Å². The number of rotatable bonds is 1. The summed E-state index contributed by atoms with van der Waals surface area (Å²) in [7, 11) is 0. The molecule has 5 nitrogen and oxygen atoms in total. The van der Waals surface area contributed by atoms with Crippen LogP contribution in [0.2, 0.25) is 0 Å². The molecule has 0 aliphatic heterocycles. The number of aromatic amines is 1. The number of nitrogens with zero attached hydrogens (tertiary/aromatic N) is 3. The lowest BCUT2D eigenvalue weighted by Gasteiger charge is -2.17. The first-order valence-electron chi connectivity index (χ1n) is 3.84. The fourth-order valence-corrected chi connectivity index (χ4v) is 1.60. The molecule has 1 aromatic rings. The van der Waals surface area contributed by atoms with E-state index in [-0.39, 0.29) is 5.54 Å². The first-order chi connectivity index (χ1) is 5.31. The average molecular weight is 153 g/mol. The van der Waals surface area contributed by atoms with Crippen molar-refractivity contribution in [2.24, 2.45) is 5.73 Å². The van der Waals surface area contributed by atoms with Gasteiger partial charge in [0, 0.05) is 0 Å². The summed E-state index contributed by atoms with van der Waals surface area (Å²) in [4.78, 5) is 0. The van der Waals surface area contributed by atoms with Gasteiger partial charge in [-0.25, -0.2) is 0 Å². The zero-order valence-electron chi connectivity index (χ0n) is 6.25. The van der Waals surface area contributed by atoms with Gasteiger partial charge in [0.2, 0.25) is 0 Å². The Morgan fingerprint density at radius 1 is 1.36 bits per heavy atom. The summed E-state index contributed by atoms with van der Waals surface area (Å²) in [5.74, 6) is 0.662. The zero-order valence-corrected chi connectivity index (χ0v) is 6.25. The van der Waals surface area contributed by atoms with Crippen molar-refractivity contribution in [1.82, 2.24) is 20.6 Å². The van der Waals surface area contributed by atoms with Gasteiger partial charge in [-0.15, -0.1) is 10.2 Å². The molecule has 0 atom stereocenters. The molecule has 0 bridgehead atoms. The maximum Gasteiger partial charge on any atom is 0.194 e. The number of nitrogens with one attached hydrogen (secondary N) is 1. The Morgan fingerprint density at radius 3 is 2.64 bits per heavy atom. The van der Waals surface area contributed by atoms with Crippen LogP contribution in [-0.2, 0) is 5.54 Å². The van der Waals surface area contributed by atoms with Crippen molar-refractivity contribution >= 4 is 0 Å². The largest absolute Gasteiger partial charge is 0.319 e. The van der Waals surface area contributed by atoms with Crippen molar-refractivity contribution < 1.29 is 0 Å². The van der Waals surface area contributed by atoms with E-state index in [0.717, 1.165) is 12.8 Å². The Balaban J connectivity index is 2.27. The molecule has 11 heavy (non-hydrogen) atoms. The lowest BCUT2D eigenvalue weighted by molar-refractivity contribution is 0.432. The van der Waals surface area contributed by atoms with Crippen LogP contribution in [-0.4, -0.2) is 20.6 Å². The first-order valence-corrected chi connectivity index (χ1v) is 3.84.